The molecule has 2 aliphatic rings. The molecule has 0 saturated carbocycles. The fourth-order valence-corrected chi connectivity index (χ4v) is 4.46. The van der Waals surface area contributed by atoms with Gasteiger partial charge in [0.15, 0.2) is 0 Å². The number of nitrogens with zero attached hydrogens (tertiary/aromatic N) is 2. The van der Waals surface area contributed by atoms with Gasteiger partial charge in [-0.1, -0.05) is 20.8 Å². The maximum atomic E-state index is 12.9. The predicted octanol–water partition coefficient (Wildman–Crippen LogP) is 3.36. The molecule has 0 aromatic carbocycles. The van der Waals surface area contributed by atoms with Crippen LogP contribution in [0.2, 0.25) is 0 Å². The van der Waals surface area contributed by atoms with Crippen LogP contribution in [0.3, 0.4) is 0 Å². The van der Waals surface area contributed by atoms with Crippen LogP contribution in [0.1, 0.15) is 49.0 Å². The van der Waals surface area contributed by atoms with Gasteiger partial charge in [0.2, 0.25) is 0 Å². The Morgan fingerprint density at radius 2 is 1.78 bits per heavy atom. The molecule has 2 fully saturated rings. The van der Waals surface area contributed by atoms with Gasteiger partial charge in [0.25, 0.3) is 5.91 Å². The monoisotopic (exact) mass is 379 g/mol. The third kappa shape index (κ3) is 4.38. The molecule has 3 rings (SSSR count). The number of amides is 1. The molecule has 7 heteroatoms. The first kappa shape index (κ1) is 20.7. The topological polar surface area (TPSA) is 45.2 Å². The lowest BCUT2D eigenvalue weighted by molar-refractivity contribution is 0.0760. The standard InChI is InChI=1S/C16H25N3OS.2ClH/c1-16(2,3)14-13(21-10-18-14)15(20)19-6-4-11-8-17-9-12(11)5-7-19;;/h10-12,17H,4-9H2,1-3H3;2*1H/t11-,12+;;. The molecule has 1 aromatic heterocycles. The molecule has 23 heavy (non-hydrogen) atoms. The summed E-state index contributed by atoms with van der Waals surface area (Å²) in [7, 11) is 0. The van der Waals surface area contributed by atoms with Crippen LogP contribution < -0.4 is 5.32 Å². The first-order chi connectivity index (χ1) is 9.97. The molecule has 0 unspecified atom stereocenters. The van der Waals surface area contributed by atoms with Crippen LogP contribution >= 0.6 is 36.2 Å². The van der Waals surface area contributed by atoms with Crippen molar-refractivity contribution in [3.8, 4) is 0 Å². The van der Waals surface area contributed by atoms with Crippen molar-refractivity contribution >= 4 is 42.1 Å². The SMILES string of the molecule is CC(C)(C)c1ncsc1C(=O)N1CC[C@@H]2CNC[C@@H]2CC1.Cl.Cl. The number of rotatable bonds is 1. The number of hydrogen-bond acceptors (Lipinski definition) is 4. The minimum absolute atomic E-state index is 0. The van der Waals surface area contributed by atoms with E-state index in [-0.39, 0.29) is 36.1 Å². The summed E-state index contributed by atoms with van der Waals surface area (Å²) < 4.78 is 0. The third-order valence-corrected chi connectivity index (χ3v) is 5.59. The average Bonchev–Trinajstić information content (AvgIpc) is 3.03. The minimum Gasteiger partial charge on any atom is -0.338 e. The Balaban J connectivity index is 0.00000132. The fourth-order valence-electron chi connectivity index (χ4n) is 3.50. The smallest absolute Gasteiger partial charge is 0.265 e. The second-order valence-corrected chi connectivity index (χ2v) is 8.18. The zero-order chi connectivity index (χ0) is 15.0. The molecule has 0 radical (unpaired) electrons. The normalized spacial score (nSPS) is 24.2. The molecule has 2 saturated heterocycles. The van der Waals surface area contributed by atoms with E-state index in [4.69, 9.17) is 0 Å². The van der Waals surface area contributed by atoms with Crippen molar-refractivity contribution in [1.82, 2.24) is 15.2 Å². The highest BCUT2D eigenvalue weighted by Crippen LogP contribution is 2.31. The van der Waals surface area contributed by atoms with Crippen molar-refractivity contribution in [3.63, 3.8) is 0 Å². The maximum Gasteiger partial charge on any atom is 0.265 e. The highest BCUT2D eigenvalue weighted by Gasteiger charge is 2.33. The summed E-state index contributed by atoms with van der Waals surface area (Å²) in [5, 5.41) is 3.48. The summed E-state index contributed by atoms with van der Waals surface area (Å²) in [5.41, 5.74) is 2.69. The van der Waals surface area contributed by atoms with Gasteiger partial charge >= 0.3 is 0 Å². The predicted molar refractivity (Wildman–Crippen MR) is 100 cm³/mol. The van der Waals surface area contributed by atoms with Crippen LogP contribution in [0.5, 0.6) is 0 Å². The average molecular weight is 380 g/mol. The van der Waals surface area contributed by atoms with Crippen LogP contribution in [0.15, 0.2) is 5.51 Å². The number of aromatic nitrogens is 1. The number of thiazole rings is 1. The van der Waals surface area contributed by atoms with Gasteiger partial charge in [-0.3, -0.25) is 4.79 Å². The van der Waals surface area contributed by atoms with Gasteiger partial charge in [-0.15, -0.1) is 36.2 Å². The summed E-state index contributed by atoms with van der Waals surface area (Å²) in [6, 6.07) is 0. The molecule has 0 spiro atoms. The second kappa shape index (κ2) is 8.15. The molecule has 3 heterocycles. The highest BCUT2D eigenvalue weighted by atomic mass is 35.5. The van der Waals surface area contributed by atoms with Crippen molar-refractivity contribution in [2.45, 2.75) is 39.0 Å². The summed E-state index contributed by atoms with van der Waals surface area (Å²) in [6.45, 7) is 10.4. The number of carbonyl (C=O) groups excluding carboxylic acids is 1. The number of hydrogen-bond donors (Lipinski definition) is 1. The van der Waals surface area contributed by atoms with Gasteiger partial charge in [0, 0.05) is 18.5 Å². The van der Waals surface area contributed by atoms with E-state index in [1.54, 1.807) is 0 Å². The molecule has 1 amide bonds. The van der Waals surface area contributed by atoms with Crippen molar-refractivity contribution < 1.29 is 4.79 Å². The Morgan fingerprint density at radius 3 is 2.30 bits per heavy atom. The van der Waals surface area contributed by atoms with Crippen molar-refractivity contribution in [2.24, 2.45) is 11.8 Å². The molecule has 2 atom stereocenters. The van der Waals surface area contributed by atoms with Crippen molar-refractivity contribution in [1.29, 1.82) is 0 Å². The molecular formula is C16H27Cl2N3OS. The number of halogens is 2. The maximum absolute atomic E-state index is 12.9. The Labute approximate surface area is 155 Å². The fraction of sp³-hybridized carbons (Fsp3) is 0.750. The molecule has 2 aliphatic heterocycles. The number of likely N-dealkylation sites (tertiary alicyclic amines) is 1. The van der Waals surface area contributed by atoms with Gasteiger partial charge in [0.1, 0.15) is 4.88 Å². The molecule has 1 aromatic rings. The van der Waals surface area contributed by atoms with E-state index >= 15 is 0 Å². The Kier molecular flexibility index (Phi) is 7.33. The molecule has 1 N–H and O–H groups in total. The van der Waals surface area contributed by atoms with E-state index in [1.807, 2.05) is 5.51 Å². The van der Waals surface area contributed by atoms with Gasteiger partial charge in [0.05, 0.1) is 11.2 Å². The van der Waals surface area contributed by atoms with E-state index in [9.17, 15) is 4.79 Å². The second-order valence-electron chi connectivity index (χ2n) is 7.33. The number of nitrogens with one attached hydrogen (secondary N) is 1. The van der Waals surface area contributed by atoms with Crippen molar-refractivity contribution in [3.05, 3.63) is 16.1 Å². The Hall–Kier alpha value is -0.360. The van der Waals surface area contributed by atoms with Gasteiger partial charge in [-0.2, -0.15) is 0 Å². The lowest BCUT2D eigenvalue weighted by atomic mass is 9.91. The molecule has 4 nitrogen and oxygen atoms in total. The van der Waals surface area contributed by atoms with Crippen LogP contribution in [-0.4, -0.2) is 42.0 Å². The molecule has 0 bridgehead atoms. The van der Waals surface area contributed by atoms with Gasteiger partial charge in [-0.25, -0.2) is 4.98 Å². The minimum atomic E-state index is -0.0722. The van der Waals surface area contributed by atoms with Crippen LogP contribution in [0.25, 0.3) is 0 Å². The lowest BCUT2D eigenvalue weighted by Gasteiger charge is -2.23. The van der Waals surface area contributed by atoms with Crippen LogP contribution in [-0.2, 0) is 5.41 Å². The molecular weight excluding hydrogens is 353 g/mol. The van der Waals surface area contributed by atoms with Gasteiger partial charge < -0.3 is 10.2 Å². The lowest BCUT2D eigenvalue weighted by Crippen LogP contribution is -2.33. The van der Waals surface area contributed by atoms with Crippen molar-refractivity contribution in [2.75, 3.05) is 26.2 Å². The quantitative estimate of drug-likeness (QED) is 0.813. The summed E-state index contributed by atoms with van der Waals surface area (Å²) in [6.07, 6.45) is 2.26. The van der Waals surface area contributed by atoms with E-state index in [2.05, 4.69) is 36.0 Å². The third-order valence-electron chi connectivity index (χ3n) is 4.78. The highest BCUT2D eigenvalue weighted by molar-refractivity contribution is 7.11. The van der Waals surface area contributed by atoms with E-state index in [0.29, 0.717) is 0 Å². The number of fused-ring (bicyclic) bond motifs is 1. The first-order valence-corrected chi connectivity index (χ1v) is 8.78. The molecule has 132 valence electrons. The van der Waals surface area contributed by atoms with Crippen LogP contribution in [0.4, 0.5) is 0 Å². The number of carbonyl (C=O) groups is 1. The summed E-state index contributed by atoms with van der Waals surface area (Å²) in [4.78, 5) is 20.2. The molecule has 0 aliphatic carbocycles. The Bertz CT molecular complexity index is 516. The Morgan fingerprint density at radius 1 is 1.22 bits per heavy atom. The first-order valence-electron chi connectivity index (χ1n) is 7.91. The largest absolute Gasteiger partial charge is 0.338 e. The van der Waals surface area contributed by atoms with E-state index < -0.39 is 0 Å². The summed E-state index contributed by atoms with van der Waals surface area (Å²) >= 11 is 1.49. The zero-order valence-electron chi connectivity index (χ0n) is 14.0. The van der Waals surface area contributed by atoms with Gasteiger partial charge in [-0.05, 0) is 37.8 Å². The zero-order valence-corrected chi connectivity index (χ0v) is 16.5. The van der Waals surface area contributed by atoms with E-state index in [1.165, 1.54) is 11.3 Å². The summed E-state index contributed by atoms with van der Waals surface area (Å²) in [5.74, 6) is 1.70. The van der Waals surface area contributed by atoms with Crippen LogP contribution in [0, 0.1) is 11.8 Å². The van der Waals surface area contributed by atoms with E-state index in [0.717, 1.165) is 61.4 Å².